The summed E-state index contributed by atoms with van der Waals surface area (Å²) in [5.41, 5.74) is 2.02. The molecule has 1 aromatic heterocycles. The largest absolute Gasteiger partial charge is 0.134 e. The number of hydrogen-bond acceptors (Lipinski definition) is 2. The fourth-order valence-corrected chi connectivity index (χ4v) is 3.68. The van der Waals surface area contributed by atoms with Crippen LogP contribution in [-0.2, 0) is 12.8 Å². The van der Waals surface area contributed by atoms with Crippen LogP contribution in [-0.4, -0.2) is 0 Å². The van der Waals surface area contributed by atoms with E-state index in [1.165, 1.54) is 23.5 Å². The van der Waals surface area contributed by atoms with Gasteiger partial charge in [0.15, 0.2) is 0 Å². The first-order valence-corrected chi connectivity index (χ1v) is 6.54. The lowest BCUT2D eigenvalue weighted by Crippen LogP contribution is -2.26. The lowest BCUT2D eigenvalue weighted by atomic mass is 9.72. The Morgan fingerprint density at radius 1 is 1.43 bits per heavy atom. The molecule has 1 atom stereocenters. The SMILES string of the molecule is CC(C)(C)C1CCc2sc(S)cc2C1. The van der Waals surface area contributed by atoms with Crippen LogP contribution in [0.25, 0.3) is 0 Å². The Morgan fingerprint density at radius 3 is 2.79 bits per heavy atom. The maximum atomic E-state index is 4.43. The molecule has 0 bridgehead atoms. The van der Waals surface area contributed by atoms with Gasteiger partial charge in [-0.15, -0.1) is 24.0 Å². The third-order valence-corrected chi connectivity index (χ3v) is 4.74. The van der Waals surface area contributed by atoms with Crippen molar-refractivity contribution in [2.45, 2.75) is 44.2 Å². The van der Waals surface area contributed by atoms with Gasteiger partial charge in [0.1, 0.15) is 0 Å². The van der Waals surface area contributed by atoms with Crippen LogP contribution in [0.15, 0.2) is 10.3 Å². The van der Waals surface area contributed by atoms with Crippen molar-refractivity contribution in [3.05, 3.63) is 16.5 Å². The molecule has 1 aromatic rings. The molecule has 1 heterocycles. The molecule has 0 amide bonds. The van der Waals surface area contributed by atoms with Crippen molar-refractivity contribution < 1.29 is 0 Å². The zero-order valence-corrected chi connectivity index (χ0v) is 10.8. The Hall–Kier alpha value is 0.0500. The predicted molar refractivity (Wildman–Crippen MR) is 66.5 cm³/mol. The van der Waals surface area contributed by atoms with Gasteiger partial charge < -0.3 is 0 Å². The molecular formula is C12H18S2. The van der Waals surface area contributed by atoms with E-state index in [4.69, 9.17) is 0 Å². The molecule has 0 nitrogen and oxygen atoms in total. The van der Waals surface area contributed by atoms with E-state index in [0.717, 1.165) is 5.92 Å². The van der Waals surface area contributed by atoms with Gasteiger partial charge in [-0.05, 0) is 42.2 Å². The van der Waals surface area contributed by atoms with Crippen LogP contribution in [0.3, 0.4) is 0 Å². The summed E-state index contributed by atoms with van der Waals surface area (Å²) in [5.74, 6) is 0.845. The highest BCUT2D eigenvalue weighted by Crippen LogP contribution is 2.40. The van der Waals surface area contributed by atoms with Gasteiger partial charge >= 0.3 is 0 Å². The van der Waals surface area contributed by atoms with Crippen molar-refractivity contribution in [2.24, 2.45) is 11.3 Å². The van der Waals surface area contributed by atoms with Gasteiger partial charge in [0.2, 0.25) is 0 Å². The Labute approximate surface area is 96.1 Å². The molecule has 0 aromatic carbocycles. The highest BCUT2D eigenvalue weighted by molar-refractivity contribution is 7.82. The van der Waals surface area contributed by atoms with Crippen molar-refractivity contribution in [2.75, 3.05) is 0 Å². The maximum Gasteiger partial charge on any atom is 0.0573 e. The second kappa shape index (κ2) is 3.57. The highest BCUT2D eigenvalue weighted by atomic mass is 32.2. The van der Waals surface area contributed by atoms with E-state index in [2.05, 4.69) is 39.5 Å². The monoisotopic (exact) mass is 226 g/mol. The van der Waals surface area contributed by atoms with Crippen molar-refractivity contribution in [1.29, 1.82) is 0 Å². The Balaban J connectivity index is 2.21. The molecule has 78 valence electrons. The maximum absolute atomic E-state index is 4.43. The van der Waals surface area contributed by atoms with Crippen LogP contribution >= 0.6 is 24.0 Å². The van der Waals surface area contributed by atoms with Gasteiger partial charge in [0.05, 0.1) is 4.21 Å². The molecule has 1 aliphatic carbocycles. The van der Waals surface area contributed by atoms with E-state index in [-0.39, 0.29) is 0 Å². The molecule has 0 saturated heterocycles. The Kier molecular flexibility index (Phi) is 2.69. The van der Waals surface area contributed by atoms with E-state index in [1.54, 1.807) is 10.4 Å². The second-order valence-corrected chi connectivity index (χ2v) is 7.26. The van der Waals surface area contributed by atoms with Gasteiger partial charge in [0.25, 0.3) is 0 Å². The smallest absolute Gasteiger partial charge is 0.0573 e. The third-order valence-electron chi connectivity index (χ3n) is 3.29. The highest BCUT2D eigenvalue weighted by Gasteiger charge is 2.29. The lowest BCUT2D eigenvalue weighted by molar-refractivity contribution is 0.217. The molecular weight excluding hydrogens is 208 g/mol. The van der Waals surface area contributed by atoms with Crippen LogP contribution in [0.4, 0.5) is 0 Å². The van der Waals surface area contributed by atoms with Crippen LogP contribution in [0.2, 0.25) is 0 Å². The average molecular weight is 226 g/mol. The predicted octanol–water partition coefficient (Wildman–Crippen LogP) is 4.19. The average Bonchev–Trinajstić information content (AvgIpc) is 2.41. The number of hydrogen-bond donors (Lipinski definition) is 1. The summed E-state index contributed by atoms with van der Waals surface area (Å²) in [7, 11) is 0. The first-order chi connectivity index (χ1) is 6.47. The number of rotatable bonds is 0. The van der Waals surface area contributed by atoms with Crippen molar-refractivity contribution in [3.8, 4) is 0 Å². The number of thiol groups is 1. The third kappa shape index (κ3) is 2.01. The molecule has 2 rings (SSSR count). The Morgan fingerprint density at radius 2 is 2.14 bits per heavy atom. The molecule has 1 aliphatic rings. The van der Waals surface area contributed by atoms with E-state index in [0.29, 0.717) is 5.41 Å². The van der Waals surface area contributed by atoms with Crippen molar-refractivity contribution in [3.63, 3.8) is 0 Å². The zero-order valence-electron chi connectivity index (χ0n) is 9.13. The minimum atomic E-state index is 0.455. The molecule has 1 unspecified atom stereocenters. The first kappa shape index (κ1) is 10.6. The number of thiophene rings is 1. The summed E-state index contributed by atoms with van der Waals surface area (Å²) in [6.45, 7) is 7.07. The van der Waals surface area contributed by atoms with Gasteiger partial charge in [-0.25, -0.2) is 0 Å². The summed E-state index contributed by atoms with van der Waals surface area (Å²) in [6, 6.07) is 2.26. The normalized spacial score (nSPS) is 22.1. The van der Waals surface area contributed by atoms with E-state index in [1.807, 2.05) is 11.3 Å². The summed E-state index contributed by atoms with van der Waals surface area (Å²) in [6.07, 6.45) is 3.88. The molecule has 0 N–H and O–H groups in total. The molecule has 0 aliphatic heterocycles. The summed E-state index contributed by atoms with van der Waals surface area (Å²) < 4.78 is 1.18. The van der Waals surface area contributed by atoms with Crippen molar-refractivity contribution in [1.82, 2.24) is 0 Å². The van der Waals surface area contributed by atoms with Crippen LogP contribution in [0, 0.1) is 11.3 Å². The van der Waals surface area contributed by atoms with Crippen molar-refractivity contribution >= 4 is 24.0 Å². The molecule has 0 saturated carbocycles. The van der Waals surface area contributed by atoms with Crippen LogP contribution in [0.1, 0.15) is 37.6 Å². The first-order valence-electron chi connectivity index (χ1n) is 5.27. The quantitative estimate of drug-likeness (QED) is 0.630. The van der Waals surface area contributed by atoms with E-state index < -0.39 is 0 Å². The van der Waals surface area contributed by atoms with Gasteiger partial charge in [-0.3, -0.25) is 0 Å². The summed E-state index contributed by atoms with van der Waals surface area (Å²) in [4.78, 5) is 1.58. The molecule has 0 fully saturated rings. The number of aryl methyl sites for hydroxylation is 1. The van der Waals surface area contributed by atoms with Gasteiger partial charge in [-0.2, -0.15) is 0 Å². The van der Waals surface area contributed by atoms with Gasteiger partial charge in [0, 0.05) is 4.88 Å². The Bertz CT molecular complexity index is 331. The standard InChI is InChI=1S/C12H18S2/c1-12(2,3)9-4-5-10-8(6-9)7-11(13)14-10/h7,9,13H,4-6H2,1-3H3. The fourth-order valence-electron chi connectivity index (χ4n) is 2.25. The molecule has 2 heteroatoms. The zero-order chi connectivity index (χ0) is 10.3. The number of fused-ring (bicyclic) bond motifs is 1. The van der Waals surface area contributed by atoms with Crippen LogP contribution in [0.5, 0.6) is 0 Å². The topological polar surface area (TPSA) is 0 Å². The molecule has 14 heavy (non-hydrogen) atoms. The summed E-state index contributed by atoms with van der Waals surface area (Å²) >= 11 is 6.30. The van der Waals surface area contributed by atoms with Crippen LogP contribution < -0.4 is 0 Å². The minimum absolute atomic E-state index is 0.455. The summed E-state index contributed by atoms with van der Waals surface area (Å²) in [5, 5.41) is 0. The molecule has 0 radical (unpaired) electrons. The fraction of sp³-hybridized carbons (Fsp3) is 0.667. The lowest BCUT2D eigenvalue weighted by Gasteiger charge is -2.33. The van der Waals surface area contributed by atoms with Gasteiger partial charge in [-0.1, -0.05) is 20.8 Å². The minimum Gasteiger partial charge on any atom is -0.134 e. The molecule has 0 spiro atoms. The van der Waals surface area contributed by atoms with E-state index in [9.17, 15) is 0 Å². The second-order valence-electron chi connectivity index (χ2n) is 5.34. The van der Waals surface area contributed by atoms with E-state index >= 15 is 0 Å².